The number of carboxylic acid groups (broad SMARTS) is 2. The van der Waals surface area contributed by atoms with Crippen LogP contribution in [0.3, 0.4) is 0 Å². The van der Waals surface area contributed by atoms with Crippen LogP contribution >= 0.6 is 0 Å². The maximum Gasteiger partial charge on any atom is 0.335 e. The lowest BCUT2D eigenvalue weighted by Gasteiger charge is -2.03. The predicted molar refractivity (Wildman–Crippen MR) is 177 cm³/mol. The second-order valence-electron chi connectivity index (χ2n) is 9.15. The molecule has 0 bridgehead atoms. The van der Waals surface area contributed by atoms with Crippen molar-refractivity contribution in [3.8, 4) is 0 Å². The van der Waals surface area contributed by atoms with Gasteiger partial charge in [-0.15, -0.1) is 13.2 Å². The SMILES string of the molecule is C=CC=CC(C)C.C=CCCC=C.CC=CC=C(C)C.CC=CC=C(C)C.Cc1c(C(=O)O)cccc1C(=O)O. The first kappa shape index (κ1) is 43.1. The molecule has 0 heterocycles. The Bertz CT molecular complexity index is 925. The van der Waals surface area contributed by atoms with Gasteiger partial charge in [0.2, 0.25) is 0 Å². The molecule has 0 aromatic heterocycles. The van der Waals surface area contributed by atoms with Gasteiger partial charge < -0.3 is 10.2 Å². The quantitative estimate of drug-likeness (QED) is 0.182. The van der Waals surface area contributed by atoms with Crippen LogP contribution < -0.4 is 0 Å². The van der Waals surface area contributed by atoms with E-state index in [2.05, 4.69) is 79.5 Å². The molecule has 0 spiro atoms. The number of benzene rings is 1. The number of carbonyl (C=O) groups is 2. The first-order valence-electron chi connectivity index (χ1n) is 13.4. The van der Waals surface area contributed by atoms with E-state index < -0.39 is 11.9 Å². The van der Waals surface area contributed by atoms with Gasteiger partial charge in [-0.3, -0.25) is 0 Å². The van der Waals surface area contributed by atoms with Crippen molar-refractivity contribution in [3.63, 3.8) is 0 Å². The minimum Gasteiger partial charge on any atom is -0.478 e. The summed E-state index contributed by atoms with van der Waals surface area (Å²) in [6.07, 6.45) is 24.0. The standard InChI is InChI=1S/C9H8O4.3C7H12.C6H10/c1-5-6(8(10)11)3-2-4-7(5)9(12)13;3*1-4-5-6-7(2)3;1-3-5-6-4-2/h2-4H,1H3,(H,10,11)(H,12,13);2*4-6H,1-3H3;4-7H,1H2,2-3H3;3-4H,1-2,5-6H2. The van der Waals surface area contributed by atoms with E-state index in [1.807, 2.05) is 56.4 Å². The van der Waals surface area contributed by atoms with Gasteiger partial charge in [-0.05, 0) is 84.9 Å². The molecule has 0 unspecified atom stereocenters. The second kappa shape index (κ2) is 31.3. The fourth-order valence-corrected chi connectivity index (χ4v) is 2.21. The summed E-state index contributed by atoms with van der Waals surface area (Å²) >= 11 is 0. The summed E-state index contributed by atoms with van der Waals surface area (Å²) in [6, 6.07) is 4.17. The fourth-order valence-electron chi connectivity index (χ4n) is 2.21. The third-order valence-corrected chi connectivity index (χ3v) is 4.25. The molecule has 0 fully saturated rings. The van der Waals surface area contributed by atoms with Gasteiger partial charge in [-0.25, -0.2) is 9.59 Å². The van der Waals surface area contributed by atoms with Crippen LogP contribution in [0.4, 0.5) is 0 Å². The zero-order valence-corrected chi connectivity index (χ0v) is 26.4. The average molecular weight is 551 g/mol. The van der Waals surface area contributed by atoms with E-state index in [1.54, 1.807) is 6.08 Å². The Morgan fingerprint density at radius 3 is 1.32 bits per heavy atom. The molecular formula is C36H54O4. The summed E-state index contributed by atoms with van der Waals surface area (Å²) < 4.78 is 0. The lowest BCUT2D eigenvalue weighted by molar-refractivity contribution is 0.0696. The van der Waals surface area contributed by atoms with E-state index in [1.165, 1.54) is 36.3 Å². The highest BCUT2D eigenvalue weighted by molar-refractivity contribution is 5.96. The Labute approximate surface area is 245 Å². The number of aromatic carboxylic acids is 2. The second-order valence-corrected chi connectivity index (χ2v) is 9.15. The first-order valence-corrected chi connectivity index (χ1v) is 13.4. The number of allylic oxidation sites excluding steroid dienone is 13. The lowest BCUT2D eigenvalue weighted by atomic mass is 10.0. The molecule has 0 radical (unpaired) electrons. The molecule has 40 heavy (non-hydrogen) atoms. The first-order chi connectivity index (χ1) is 18.8. The molecule has 222 valence electrons. The molecule has 4 heteroatoms. The van der Waals surface area contributed by atoms with Gasteiger partial charge in [0.15, 0.2) is 0 Å². The van der Waals surface area contributed by atoms with Crippen LogP contribution in [0.2, 0.25) is 0 Å². The third-order valence-electron chi connectivity index (χ3n) is 4.25. The van der Waals surface area contributed by atoms with Crippen LogP contribution in [0.5, 0.6) is 0 Å². The Morgan fingerprint density at radius 2 is 1.15 bits per heavy atom. The highest BCUT2D eigenvalue weighted by Gasteiger charge is 2.13. The Kier molecular flexibility index (Phi) is 33.8. The van der Waals surface area contributed by atoms with Crippen molar-refractivity contribution in [2.75, 3.05) is 0 Å². The van der Waals surface area contributed by atoms with E-state index in [0.29, 0.717) is 5.92 Å². The molecule has 1 aromatic rings. The van der Waals surface area contributed by atoms with Gasteiger partial charge in [0.25, 0.3) is 0 Å². The largest absolute Gasteiger partial charge is 0.478 e. The van der Waals surface area contributed by atoms with Crippen molar-refractivity contribution in [3.05, 3.63) is 133 Å². The molecule has 1 rings (SSSR count). The number of carboxylic acids is 2. The lowest BCUT2D eigenvalue weighted by Crippen LogP contribution is -2.06. The molecule has 0 atom stereocenters. The van der Waals surface area contributed by atoms with Gasteiger partial charge in [-0.2, -0.15) is 0 Å². The molecule has 0 aliphatic rings. The molecule has 2 N–H and O–H groups in total. The zero-order chi connectivity index (χ0) is 31.9. The maximum absolute atomic E-state index is 10.6. The van der Waals surface area contributed by atoms with Crippen molar-refractivity contribution in [1.29, 1.82) is 0 Å². The van der Waals surface area contributed by atoms with Gasteiger partial charge in [-0.1, -0.05) is 104 Å². The minimum atomic E-state index is -1.11. The number of unbranched alkanes of at least 4 members (excludes halogenated alkanes) is 1. The fraction of sp³-hybridized carbons (Fsp3) is 0.333. The topological polar surface area (TPSA) is 74.6 Å². The number of hydrogen-bond acceptors (Lipinski definition) is 2. The highest BCUT2D eigenvalue weighted by atomic mass is 16.4. The van der Waals surface area contributed by atoms with Crippen LogP contribution in [0, 0.1) is 12.8 Å². The summed E-state index contributed by atoms with van der Waals surface area (Å²) in [7, 11) is 0. The molecule has 0 saturated carbocycles. The smallest absolute Gasteiger partial charge is 0.335 e. The molecule has 1 aromatic carbocycles. The van der Waals surface area contributed by atoms with Crippen LogP contribution in [0.25, 0.3) is 0 Å². The Morgan fingerprint density at radius 1 is 0.775 bits per heavy atom. The normalized spacial score (nSPS) is 9.45. The van der Waals surface area contributed by atoms with Crippen LogP contribution in [0.1, 0.15) is 94.5 Å². The third kappa shape index (κ3) is 34.1. The molecular weight excluding hydrogens is 496 g/mol. The van der Waals surface area contributed by atoms with Crippen molar-refractivity contribution in [2.45, 2.75) is 75.2 Å². The molecule has 0 saturated heterocycles. The van der Waals surface area contributed by atoms with E-state index >= 15 is 0 Å². The molecule has 0 aliphatic carbocycles. The van der Waals surface area contributed by atoms with Gasteiger partial charge in [0, 0.05) is 0 Å². The summed E-state index contributed by atoms with van der Waals surface area (Å²) in [5.74, 6) is -1.57. The minimum absolute atomic E-state index is 0.0277. The van der Waals surface area contributed by atoms with Gasteiger partial charge in [0.05, 0.1) is 11.1 Å². The van der Waals surface area contributed by atoms with E-state index in [0.717, 1.165) is 12.8 Å². The van der Waals surface area contributed by atoms with E-state index in [9.17, 15) is 9.59 Å². The Balaban J connectivity index is -0.000000211. The highest BCUT2D eigenvalue weighted by Crippen LogP contribution is 2.13. The summed E-state index contributed by atoms with van der Waals surface area (Å²) in [4.78, 5) is 21.2. The van der Waals surface area contributed by atoms with Gasteiger partial charge in [0.1, 0.15) is 0 Å². The van der Waals surface area contributed by atoms with E-state index in [4.69, 9.17) is 10.2 Å². The molecule has 0 amide bonds. The van der Waals surface area contributed by atoms with Crippen LogP contribution in [0.15, 0.2) is 116 Å². The summed E-state index contributed by atoms with van der Waals surface area (Å²) in [6.45, 7) is 28.8. The van der Waals surface area contributed by atoms with Crippen molar-refractivity contribution in [2.24, 2.45) is 5.92 Å². The summed E-state index contributed by atoms with van der Waals surface area (Å²) in [5.41, 5.74) is 3.03. The molecule has 0 aliphatic heterocycles. The average Bonchev–Trinajstić information content (AvgIpc) is 2.89. The van der Waals surface area contributed by atoms with Gasteiger partial charge >= 0.3 is 11.9 Å². The van der Waals surface area contributed by atoms with Crippen molar-refractivity contribution in [1.82, 2.24) is 0 Å². The zero-order valence-electron chi connectivity index (χ0n) is 26.4. The molecule has 4 nitrogen and oxygen atoms in total. The number of rotatable bonds is 9. The van der Waals surface area contributed by atoms with E-state index in [-0.39, 0.29) is 16.7 Å². The van der Waals surface area contributed by atoms with Crippen LogP contribution in [-0.2, 0) is 0 Å². The number of hydrogen-bond donors (Lipinski definition) is 2. The maximum atomic E-state index is 10.6. The van der Waals surface area contributed by atoms with Crippen molar-refractivity contribution < 1.29 is 19.8 Å². The summed E-state index contributed by atoms with van der Waals surface area (Å²) in [5, 5.41) is 17.4. The Hall–Kier alpha value is -3.92. The van der Waals surface area contributed by atoms with Crippen molar-refractivity contribution >= 4 is 11.9 Å². The monoisotopic (exact) mass is 550 g/mol. The predicted octanol–water partition coefficient (Wildman–Crippen LogP) is 11.0. The van der Waals surface area contributed by atoms with Crippen LogP contribution in [-0.4, -0.2) is 22.2 Å².